The summed E-state index contributed by atoms with van der Waals surface area (Å²) >= 11 is 0. The van der Waals surface area contributed by atoms with Crippen molar-refractivity contribution >= 4 is 23.1 Å². The van der Waals surface area contributed by atoms with Crippen LogP contribution in [0.2, 0.25) is 0 Å². The van der Waals surface area contributed by atoms with Gasteiger partial charge in [0.1, 0.15) is 17.3 Å². The van der Waals surface area contributed by atoms with Crippen LogP contribution in [-0.2, 0) is 6.54 Å². The van der Waals surface area contributed by atoms with Crippen LogP contribution < -0.4 is 16.4 Å². The molecular formula is C18H19N5O2. The third-order valence-electron chi connectivity index (χ3n) is 3.66. The minimum Gasteiger partial charge on any atom is -0.466 e. The lowest BCUT2D eigenvalue weighted by Gasteiger charge is -2.09. The Kier molecular flexibility index (Phi) is 4.65. The van der Waals surface area contributed by atoms with Gasteiger partial charge in [-0.25, -0.2) is 4.98 Å². The van der Waals surface area contributed by atoms with Gasteiger partial charge in [0.15, 0.2) is 0 Å². The Morgan fingerprint density at radius 1 is 1.20 bits per heavy atom. The quantitative estimate of drug-likeness (QED) is 0.660. The average Bonchev–Trinajstić information content (AvgIpc) is 2.93. The van der Waals surface area contributed by atoms with Crippen molar-refractivity contribution in [2.24, 2.45) is 0 Å². The molecule has 3 rings (SSSR count). The Labute approximate surface area is 145 Å². The summed E-state index contributed by atoms with van der Waals surface area (Å²) < 4.78 is 5.39. The fraction of sp³-hybridized carbons (Fsp3) is 0.167. The molecule has 0 fully saturated rings. The van der Waals surface area contributed by atoms with Crippen LogP contribution in [0.4, 0.5) is 17.2 Å². The van der Waals surface area contributed by atoms with Crippen LogP contribution in [0.15, 0.2) is 47.1 Å². The second-order valence-corrected chi connectivity index (χ2v) is 5.61. The molecule has 1 amide bonds. The van der Waals surface area contributed by atoms with E-state index in [1.54, 1.807) is 43.6 Å². The summed E-state index contributed by atoms with van der Waals surface area (Å²) in [5.74, 6) is 1.52. The lowest BCUT2D eigenvalue weighted by atomic mass is 10.2. The van der Waals surface area contributed by atoms with E-state index < -0.39 is 0 Å². The number of hydrogen-bond acceptors (Lipinski definition) is 6. The van der Waals surface area contributed by atoms with Crippen molar-refractivity contribution in [1.82, 2.24) is 9.97 Å². The van der Waals surface area contributed by atoms with Crippen LogP contribution in [0.1, 0.15) is 27.6 Å². The summed E-state index contributed by atoms with van der Waals surface area (Å²) in [4.78, 5) is 20.7. The van der Waals surface area contributed by atoms with Gasteiger partial charge in [-0.05, 0) is 44.2 Å². The highest BCUT2D eigenvalue weighted by molar-refractivity contribution is 6.05. The largest absolute Gasteiger partial charge is 0.466 e. The number of nitrogens with two attached hydrogens (primary N) is 1. The number of nitrogen functional groups attached to an aromatic ring is 1. The van der Waals surface area contributed by atoms with Gasteiger partial charge >= 0.3 is 0 Å². The molecule has 3 aromatic rings. The standard InChI is InChI=1S/C18H19N5O2/c1-11-8-15(12(2)25-11)18(24)23-13-5-7-20-14(9-13)10-22-16-4-3-6-21-17(16)19/h3-9,22H,10H2,1-2H3,(H2,19,21)(H,20,23,24). The van der Waals surface area contributed by atoms with Crippen LogP contribution in [0.3, 0.4) is 0 Å². The molecule has 0 bridgehead atoms. The predicted octanol–water partition coefficient (Wildman–Crippen LogP) is 3.13. The number of rotatable bonds is 5. The summed E-state index contributed by atoms with van der Waals surface area (Å²) in [7, 11) is 0. The highest BCUT2D eigenvalue weighted by Crippen LogP contribution is 2.18. The average molecular weight is 337 g/mol. The molecule has 0 saturated carbocycles. The number of aromatic nitrogens is 2. The fourth-order valence-electron chi connectivity index (χ4n) is 2.46. The van der Waals surface area contributed by atoms with Crippen LogP contribution in [0.25, 0.3) is 0 Å². The monoisotopic (exact) mass is 337 g/mol. The number of carbonyl (C=O) groups excluding carboxylic acids is 1. The maximum Gasteiger partial charge on any atom is 0.259 e. The van der Waals surface area contributed by atoms with Crippen molar-refractivity contribution < 1.29 is 9.21 Å². The van der Waals surface area contributed by atoms with E-state index >= 15 is 0 Å². The molecule has 0 atom stereocenters. The number of aryl methyl sites for hydroxylation is 2. The van der Waals surface area contributed by atoms with Crippen molar-refractivity contribution in [2.45, 2.75) is 20.4 Å². The molecule has 0 spiro atoms. The molecule has 0 aliphatic carbocycles. The van der Waals surface area contributed by atoms with Gasteiger partial charge in [-0.15, -0.1) is 0 Å². The third-order valence-corrected chi connectivity index (χ3v) is 3.66. The summed E-state index contributed by atoms with van der Waals surface area (Å²) in [6.07, 6.45) is 3.28. The molecule has 0 aromatic carbocycles. The van der Waals surface area contributed by atoms with Gasteiger partial charge in [0.05, 0.1) is 23.5 Å². The summed E-state index contributed by atoms with van der Waals surface area (Å²) in [6.45, 7) is 4.04. The first kappa shape index (κ1) is 16.5. The van der Waals surface area contributed by atoms with Crippen LogP contribution in [0.5, 0.6) is 0 Å². The van der Waals surface area contributed by atoms with E-state index in [1.807, 2.05) is 13.0 Å². The normalized spacial score (nSPS) is 10.5. The van der Waals surface area contributed by atoms with Gasteiger partial charge in [-0.3, -0.25) is 9.78 Å². The molecule has 0 aliphatic rings. The van der Waals surface area contributed by atoms with Crippen molar-refractivity contribution in [2.75, 3.05) is 16.4 Å². The molecule has 0 aliphatic heterocycles. The van der Waals surface area contributed by atoms with E-state index in [1.165, 1.54) is 0 Å². The Hall–Kier alpha value is -3.35. The number of anilines is 3. The molecule has 0 saturated heterocycles. The predicted molar refractivity (Wildman–Crippen MR) is 96.3 cm³/mol. The number of nitrogens with one attached hydrogen (secondary N) is 2. The lowest BCUT2D eigenvalue weighted by molar-refractivity contribution is 0.102. The molecule has 7 heteroatoms. The second kappa shape index (κ2) is 7.04. The Morgan fingerprint density at radius 2 is 2.04 bits per heavy atom. The summed E-state index contributed by atoms with van der Waals surface area (Å²) in [6, 6.07) is 8.91. The van der Waals surface area contributed by atoms with E-state index in [-0.39, 0.29) is 5.91 Å². The second-order valence-electron chi connectivity index (χ2n) is 5.61. The molecule has 3 heterocycles. The SMILES string of the molecule is Cc1cc(C(=O)Nc2ccnc(CNc3cccnc3N)c2)c(C)o1. The molecule has 128 valence electrons. The molecule has 4 N–H and O–H groups in total. The number of pyridine rings is 2. The van der Waals surface area contributed by atoms with Gasteiger partial charge in [0.25, 0.3) is 5.91 Å². The smallest absolute Gasteiger partial charge is 0.259 e. The van der Waals surface area contributed by atoms with Crippen molar-refractivity contribution in [1.29, 1.82) is 0 Å². The third kappa shape index (κ3) is 3.95. The van der Waals surface area contributed by atoms with Gasteiger partial charge in [0.2, 0.25) is 0 Å². The Morgan fingerprint density at radius 3 is 2.76 bits per heavy atom. The van der Waals surface area contributed by atoms with Crippen LogP contribution in [-0.4, -0.2) is 15.9 Å². The van der Waals surface area contributed by atoms with Crippen molar-refractivity contribution in [3.8, 4) is 0 Å². The number of nitrogens with zero attached hydrogens (tertiary/aromatic N) is 2. The number of amides is 1. The first-order chi connectivity index (χ1) is 12.0. The molecule has 0 radical (unpaired) electrons. The maximum absolute atomic E-state index is 12.4. The molecule has 7 nitrogen and oxygen atoms in total. The van der Waals surface area contributed by atoms with Gasteiger partial charge < -0.3 is 20.8 Å². The maximum atomic E-state index is 12.4. The lowest BCUT2D eigenvalue weighted by Crippen LogP contribution is -2.13. The molecule has 3 aromatic heterocycles. The Balaban J connectivity index is 1.68. The number of hydrogen-bond donors (Lipinski definition) is 3. The molecule has 25 heavy (non-hydrogen) atoms. The zero-order valence-corrected chi connectivity index (χ0v) is 14.0. The fourth-order valence-corrected chi connectivity index (χ4v) is 2.46. The highest BCUT2D eigenvalue weighted by Gasteiger charge is 2.13. The zero-order valence-electron chi connectivity index (χ0n) is 14.0. The van der Waals surface area contributed by atoms with Gasteiger partial charge in [-0.1, -0.05) is 0 Å². The van der Waals surface area contributed by atoms with E-state index in [0.29, 0.717) is 35.1 Å². The first-order valence-electron chi connectivity index (χ1n) is 7.80. The molecule has 0 unspecified atom stereocenters. The topological polar surface area (TPSA) is 106 Å². The number of furan rings is 1. The minimum atomic E-state index is -0.212. The van der Waals surface area contributed by atoms with E-state index in [0.717, 1.165) is 11.4 Å². The molecular weight excluding hydrogens is 318 g/mol. The van der Waals surface area contributed by atoms with E-state index in [4.69, 9.17) is 10.2 Å². The van der Waals surface area contributed by atoms with Gasteiger partial charge in [-0.2, -0.15) is 0 Å². The summed E-state index contributed by atoms with van der Waals surface area (Å²) in [5, 5.41) is 6.03. The van der Waals surface area contributed by atoms with E-state index in [9.17, 15) is 4.79 Å². The first-order valence-corrected chi connectivity index (χ1v) is 7.80. The zero-order chi connectivity index (χ0) is 17.8. The number of carbonyl (C=O) groups is 1. The van der Waals surface area contributed by atoms with Gasteiger partial charge in [0, 0.05) is 18.1 Å². The van der Waals surface area contributed by atoms with Crippen LogP contribution >= 0.6 is 0 Å². The Bertz CT molecular complexity index is 904. The van der Waals surface area contributed by atoms with E-state index in [2.05, 4.69) is 20.6 Å². The van der Waals surface area contributed by atoms with Crippen molar-refractivity contribution in [3.63, 3.8) is 0 Å². The highest BCUT2D eigenvalue weighted by atomic mass is 16.3. The minimum absolute atomic E-state index is 0.212. The van der Waals surface area contributed by atoms with Crippen LogP contribution in [0, 0.1) is 13.8 Å². The summed E-state index contributed by atoms with van der Waals surface area (Å²) in [5.41, 5.74) is 8.49. The van der Waals surface area contributed by atoms with Crippen molar-refractivity contribution in [3.05, 3.63) is 65.5 Å².